The monoisotopic (exact) mass is 511 g/mol. The zero-order valence-corrected chi connectivity index (χ0v) is 20.9. The number of likely N-dealkylation sites (tertiary alicyclic amines) is 1. The summed E-state index contributed by atoms with van der Waals surface area (Å²) in [5, 5.41) is 11.6. The Kier molecular flexibility index (Phi) is 7.49. The van der Waals surface area contributed by atoms with E-state index < -0.39 is 17.7 Å². The Morgan fingerprint density at radius 1 is 1.03 bits per heavy atom. The predicted molar refractivity (Wildman–Crippen MR) is 133 cm³/mol. The summed E-state index contributed by atoms with van der Waals surface area (Å²) in [7, 11) is 4.50. The minimum atomic E-state index is -0.904. The number of imidazole rings is 1. The van der Waals surface area contributed by atoms with Crippen molar-refractivity contribution < 1.29 is 28.9 Å². The number of carbonyl (C=O) groups is 2. The van der Waals surface area contributed by atoms with Crippen molar-refractivity contribution >= 4 is 29.1 Å². The topological polar surface area (TPSA) is 103 Å². The Hall–Kier alpha value is -3.98. The number of ether oxygens (including phenoxy) is 3. The SMILES string of the molecule is COc1ccc(OC)c(C2/C(=C(\O)c3ccc(OC)c(Cl)c3)C(=O)C(=O)N2CCCn2ccnc2)c1. The molecular formula is C26H26ClN3O6. The molecule has 1 N–H and O–H groups in total. The highest BCUT2D eigenvalue weighted by Crippen LogP contribution is 2.44. The Bertz CT molecular complexity index is 1310. The van der Waals surface area contributed by atoms with Gasteiger partial charge in [0.05, 0.1) is 44.3 Å². The number of Topliss-reactive ketones (excluding diaryl/α,β-unsaturated/α-hetero) is 1. The van der Waals surface area contributed by atoms with Crippen LogP contribution >= 0.6 is 11.6 Å². The van der Waals surface area contributed by atoms with Crippen LogP contribution in [-0.4, -0.2) is 59.1 Å². The van der Waals surface area contributed by atoms with Crippen LogP contribution in [0.25, 0.3) is 5.76 Å². The molecule has 1 fully saturated rings. The summed E-state index contributed by atoms with van der Waals surface area (Å²) in [5.41, 5.74) is 0.735. The van der Waals surface area contributed by atoms with Crippen molar-refractivity contribution in [3.63, 3.8) is 0 Å². The third-order valence-electron chi connectivity index (χ3n) is 6.07. The maximum absolute atomic E-state index is 13.3. The summed E-state index contributed by atoms with van der Waals surface area (Å²) < 4.78 is 18.0. The number of hydrogen-bond acceptors (Lipinski definition) is 7. The Labute approximate surface area is 213 Å². The second-order valence-corrected chi connectivity index (χ2v) is 8.51. The van der Waals surface area contributed by atoms with E-state index in [0.29, 0.717) is 35.8 Å². The van der Waals surface area contributed by atoms with Gasteiger partial charge in [-0.2, -0.15) is 0 Å². The van der Waals surface area contributed by atoms with Gasteiger partial charge in [-0.15, -0.1) is 0 Å². The molecule has 4 rings (SSSR count). The number of benzene rings is 2. The number of hydrogen-bond donors (Lipinski definition) is 1. The number of aliphatic hydroxyl groups is 1. The number of aryl methyl sites for hydroxylation is 1. The number of rotatable bonds is 9. The first kappa shape index (κ1) is 25.1. The van der Waals surface area contributed by atoms with Crippen LogP contribution < -0.4 is 14.2 Å². The first-order chi connectivity index (χ1) is 17.4. The third kappa shape index (κ3) is 4.74. The van der Waals surface area contributed by atoms with Gasteiger partial charge in [-0.3, -0.25) is 9.59 Å². The average molecular weight is 512 g/mol. The minimum Gasteiger partial charge on any atom is -0.507 e. The third-order valence-corrected chi connectivity index (χ3v) is 6.37. The van der Waals surface area contributed by atoms with Gasteiger partial charge in [0, 0.05) is 36.6 Å². The highest BCUT2D eigenvalue weighted by Gasteiger charge is 2.47. The molecule has 3 aromatic rings. The molecule has 0 radical (unpaired) electrons. The van der Waals surface area contributed by atoms with Crippen LogP contribution in [0, 0.1) is 0 Å². The van der Waals surface area contributed by atoms with Crippen molar-refractivity contribution in [3.05, 3.63) is 76.8 Å². The second kappa shape index (κ2) is 10.7. The smallest absolute Gasteiger partial charge is 0.295 e. The van der Waals surface area contributed by atoms with Crippen LogP contribution in [0.3, 0.4) is 0 Å². The van der Waals surface area contributed by atoms with Gasteiger partial charge in [-0.05, 0) is 42.8 Å². The molecule has 1 atom stereocenters. The summed E-state index contributed by atoms with van der Waals surface area (Å²) in [6, 6.07) is 8.86. The highest BCUT2D eigenvalue weighted by atomic mass is 35.5. The predicted octanol–water partition coefficient (Wildman–Crippen LogP) is 4.07. The first-order valence-electron chi connectivity index (χ1n) is 11.2. The van der Waals surface area contributed by atoms with Gasteiger partial charge >= 0.3 is 0 Å². The van der Waals surface area contributed by atoms with Gasteiger partial charge in [0.2, 0.25) is 0 Å². The largest absolute Gasteiger partial charge is 0.507 e. The molecule has 36 heavy (non-hydrogen) atoms. The lowest BCUT2D eigenvalue weighted by atomic mass is 9.94. The standard InChI is InChI=1S/C26H26ClN3O6/c1-34-17-6-8-20(35-2)18(14-17)23-22(24(31)16-5-7-21(36-3)19(27)13-16)25(32)26(33)30(23)11-4-10-29-12-9-28-15-29/h5-9,12-15,23,31H,4,10-11H2,1-3H3/b24-22+. The van der Waals surface area contributed by atoms with E-state index in [9.17, 15) is 14.7 Å². The van der Waals surface area contributed by atoms with E-state index in [4.69, 9.17) is 25.8 Å². The Morgan fingerprint density at radius 2 is 1.78 bits per heavy atom. The summed E-state index contributed by atoms with van der Waals surface area (Å²) in [4.78, 5) is 32.0. The van der Waals surface area contributed by atoms with E-state index in [1.54, 1.807) is 42.9 Å². The van der Waals surface area contributed by atoms with Gasteiger partial charge in [-0.1, -0.05) is 11.6 Å². The molecular weight excluding hydrogens is 486 g/mol. The summed E-state index contributed by atoms with van der Waals surface area (Å²) in [6.07, 6.45) is 5.74. The van der Waals surface area contributed by atoms with E-state index in [-0.39, 0.29) is 28.5 Å². The maximum Gasteiger partial charge on any atom is 0.295 e. The summed E-state index contributed by atoms with van der Waals surface area (Å²) in [6.45, 7) is 0.854. The van der Waals surface area contributed by atoms with Gasteiger partial charge in [0.1, 0.15) is 23.0 Å². The number of ketones is 1. The summed E-state index contributed by atoms with van der Waals surface area (Å²) >= 11 is 6.27. The molecule has 2 heterocycles. The lowest BCUT2D eigenvalue weighted by Crippen LogP contribution is -2.31. The van der Waals surface area contributed by atoms with Crippen molar-refractivity contribution in [2.45, 2.75) is 19.0 Å². The molecule has 0 aliphatic carbocycles. The van der Waals surface area contributed by atoms with Crippen molar-refractivity contribution in [2.24, 2.45) is 0 Å². The normalized spacial score (nSPS) is 16.9. The molecule has 1 aromatic heterocycles. The van der Waals surface area contributed by atoms with Crippen LogP contribution in [0.4, 0.5) is 0 Å². The molecule has 0 spiro atoms. The molecule has 9 nitrogen and oxygen atoms in total. The van der Waals surface area contributed by atoms with Gasteiger partial charge < -0.3 is 28.8 Å². The van der Waals surface area contributed by atoms with Crippen molar-refractivity contribution in [3.8, 4) is 17.2 Å². The fourth-order valence-corrected chi connectivity index (χ4v) is 4.56. The number of methoxy groups -OCH3 is 3. The van der Waals surface area contributed by atoms with E-state index in [1.807, 2.05) is 10.8 Å². The van der Waals surface area contributed by atoms with Crippen LogP contribution in [0.1, 0.15) is 23.6 Å². The Balaban J connectivity index is 1.83. The van der Waals surface area contributed by atoms with Gasteiger partial charge in [-0.25, -0.2) is 4.98 Å². The number of aromatic nitrogens is 2. The molecule has 2 aromatic carbocycles. The fourth-order valence-electron chi connectivity index (χ4n) is 4.30. The quantitative estimate of drug-likeness (QED) is 0.262. The number of halogens is 1. The molecule has 1 aliphatic rings. The molecule has 1 amide bonds. The van der Waals surface area contributed by atoms with Gasteiger partial charge in [0.25, 0.3) is 11.7 Å². The molecule has 1 unspecified atom stereocenters. The zero-order chi connectivity index (χ0) is 25.8. The highest BCUT2D eigenvalue weighted by molar-refractivity contribution is 6.46. The number of amides is 1. The van der Waals surface area contributed by atoms with E-state index >= 15 is 0 Å². The summed E-state index contributed by atoms with van der Waals surface area (Å²) in [5.74, 6) is -0.471. The lowest BCUT2D eigenvalue weighted by molar-refractivity contribution is -0.140. The molecule has 10 heteroatoms. The molecule has 1 saturated heterocycles. The molecule has 0 bridgehead atoms. The van der Waals surface area contributed by atoms with E-state index in [2.05, 4.69) is 4.98 Å². The first-order valence-corrected chi connectivity index (χ1v) is 11.6. The Morgan fingerprint density at radius 3 is 2.42 bits per heavy atom. The number of aliphatic hydroxyl groups excluding tert-OH is 1. The fraction of sp³-hybridized carbons (Fsp3) is 0.269. The molecule has 1 aliphatic heterocycles. The number of nitrogens with zero attached hydrogens (tertiary/aromatic N) is 3. The van der Waals surface area contributed by atoms with Crippen LogP contribution in [0.2, 0.25) is 5.02 Å². The molecule has 0 saturated carbocycles. The second-order valence-electron chi connectivity index (χ2n) is 8.10. The van der Waals surface area contributed by atoms with Crippen molar-refractivity contribution in [2.75, 3.05) is 27.9 Å². The van der Waals surface area contributed by atoms with E-state index in [1.165, 1.54) is 32.3 Å². The zero-order valence-electron chi connectivity index (χ0n) is 20.1. The lowest BCUT2D eigenvalue weighted by Gasteiger charge is -2.27. The minimum absolute atomic E-state index is 0.0598. The van der Waals surface area contributed by atoms with Crippen LogP contribution in [-0.2, 0) is 16.1 Å². The maximum atomic E-state index is 13.3. The van der Waals surface area contributed by atoms with E-state index in [0.717, 1.165) is 0 Å². The number of carbonyl (C=O) groups excluding carboxylic acids is 2. The van der Waals surface area contributed by atoms with Gasteiger partial charge in [0.15, 0.2) is 0 Å². The average Bonchev–Trinajstić information content (AvgIpc) is 3.50. The van der Waals surface area contributed by atoms with Crippen LogP contribution in [0.15, 0.2) is 60.7 Å². The van der Waals surface area contributed by atoms with Crippen molar-refractivity contribution in [1.82, 2.24) is 14.5 Å². The molecule has 188 valence electrons. The van der Waals surface area contributed by atoms with Crippen LogP contribution in [0.5, 0.6) is 17.2 Å². The van der Waals surface area contributed by atoms with Crippen molar-refractivity contribution in [1.29, 1.82) is 0 Å².